The standard InChI is InChI=1S/C14H22FN3O2S/c1-3-18-5-4-11(9-18)8-17-21(19,20)13-7-12(16)6-10(2)14(13)15/h6-7,11,17H,3-5,8-9,16H2,1-2H3. The number of rotatable bonds is 5. The van der Waals surface area contributed by atoms with Crippen molar-refractivity contribution < 1.29 is 12.8 Å². The highest BCUT2D eigenvalue weighted by Gasteiger charge is 2.25. The molecule has 1 aromatic rings. The smallest absolute Gasteiger partial charge is 0.243 e. The normalized spacial score (nSPS) is 20.0. The Morgan fingerprint density at radius 3 is 2.81 bits per heavy atom. The number of hydrogen-bond acceptors (Lipinski definition) is 4. The molecule has 0 bridgehead atoms. The second-order valence-corrected chi connectivity index (χ2v) is 7.29. The van der Waals surface area contributed by atoms with E-state index in [1.165, 1.54) is 13.0 Å². The van der Waals surface area contributed by atoms with E-state index in [0.717, 1.165) is 32.1 Å². The Kier molecular flexibility index (Phi) is 4.85. The van der Waals surface area contributed by atoms with Gasteiger partial charge in [-0.15, -0.1) is 0 Å². The molecule has 1 aliphatic heterocycles. The molecule has 3 N–H and O–H groups in total. The van der Waals surface area contributed by atoms with Gasteiger partial charge in [0.25, 0.3) is 0 Å². The zero-order chi connectivity index (χ0) is 15.6. The Morgan fingerprint density at radius 1 is 1.48 bits per heavy atom. The first-order valence-electron chi connectivity index (χ1n) is 7.11. The van der Waals surface area contributed by atoms with Crippen molar-refractivity contribution in [3.8, 4) is 0 Å². The first-order chi connectivity index (χ1) is 9.83. The third-order valence-electron chi connectivity index (χ3n) is 3.91. The Bertz CT molecular complexity index is 619. The van der Waals surface area contributed by atoms with Gasteiger partial charge in [-0.2, -0.15) is 0 Å². The van der Waals surface area contributed by atoms with Crippen molar-refractivity contribution in [2.75, 3.05) is 31.9 Å². The molecule has 1 saturated heterocycles. The van der Waals surface area contributed by atoms with E-state index in [9.17, 15) is 12.8 Å². The molecule has 21 heavy (non-hydrogen) atoms. The summed E-state index contributed by atoms with van der Waals surface area (Å²) in [7, 11) is -3.87. The Labute approximate surface area is 125 Å². The molecule has 7 heteroatoms. The van der Waals surface area contributed by atoms with Crippen molar-refractivity contribution in [2.24, 2.45) is 5.92 Å². The van der Waals surface area contributed by atoms with Gasteiger partial charge in [0.1, 0.15) is 10.7 Å². The number of nitrogens with one attached hydrogen (secondary N) is 1. The minimum Gasteiger partial charge on any atom is -0.399 e. The maximum Gasteiger partial charge on any atom is 0.243 e. The molecule has 0 aromatic heterocycles. The molecule has 0 amide bonds. The molecular formula is C14H22FN3O2S. The van der Waals surface area contributed by atoms with Crippen molar-refractivity contribution in [1.29, 1.82) is 0 Å². The van der Waals surface area contributed by atoms with Crippen LogP contribution in [0.5, 0.6) is 0 Å². The SMILES string of the molecule is CCN1CCC(CNS(=O)(=O)c2cc(N)cc(C)c2F)C1. The molecule has 2 rings (SSSR count). The summed E-state index contributed by atoms with van der Waals surface area (Å²) in [5.74, 6) is -0.469. The first-order valence-corrected chi connectivity index (χ1v) is 8.59. The van der Waals surface area contributed by atoms with Crippen molar-refractivity contribution in [2.45, 2.75) is 25.2 Å². The number of anilines is 1. The Hall–Kier alpha value is -1.18. The summed E-state index contributed by atoms with van der Waals surface area (Å²) in [5, 5.41) is 0. The van der Waals surface area contributed by atoms with E-state index in [-0.39, 0.29) is 22.1 Å². The second-order valence-electron chi connectivity index (χ2n) is 5.55. The Balaban J connectivity index is 2.09. The molecule has 0 aliphatic carbocycles. The molecule has 0 spiro atoms. The lowest BCUT2D eigenvalue weighted by Crippen LogP contribution is -2.31. The lowest BCUT2D eigenvalue weighted by Gasteiger charge is -2.14. The fourth-order valence-electron chi connectivity index (χ4n) is 2.63. The third-order valence-corrected chi connectivity index (χ3v) is 5.34. The summed E-state index contributed by atoms with van der Waals surface area (Å²) in [6.45, 7) is 6.72. The quantitative estimate of drug-likeness (QED) is 0.804. The van der Waals surface area contributed by atoms with Crippen molar-refractivity contribution in [3.05, 3.63) is 23.5 Å². The summed E-state index contributed by atoms with van der Waals surface area (Å²) in [4.78, 5) is 1.90. The zero-order valence-electron chi connectivity index (χ0n) is 12.4. The first kappa shape index (κ1) is 16.2. The molecule has 1 atom stereocenters. The molecule has 5 nitrogen and oxygen atoms in total. The number of nitrogens with two attached hydrogens (primary N) is 1. The molecule has 0 saturated carbocycles. The minimum atomic E-state index is -3.87. The number of hydrogen-bond donors (Lipinski definition) is 2. The molecule has 118 valence electrons. The summed E-state index contributed by atoms with van der Waals surface area (Å²) in [6.07, 6.45) is 0.953. The fourth-order valence-corrected chi connectivity index (χ4v) is 3.93. The van der Waals surface area contributed by atoms with Gasteiger partial charge >= 0.3 is 0 Å². The highest BCUT2D eigenvalue weighted by atomic mass is 32.2. The van der Waals surface area contributed by atoms with Crippen LogP contribution < -0.4 is 10.5 Å². The van der Waals surface area contributed by atoms with Crippen molar-refractivity contribution >= 4 is 15.7 Å². The molecule has 1 fully saturated rings. The minimum absolute atomic E-state index is 0.230. The maximum atomic E-state index is 14.0. The van der Waals surface area contributed by atoms with E-state index in [0.29, 0.717) is 6.54 Å². The van der Waals surface area contributed by atoms with E-state index in [4.69, 9.17) is 5.73 Å². The van der Waals surface area contributed by atoms with Crippen LogP contribution in [0.15, 0.2) is 17.0 Å². The average Bonchev–Trinajstić information content (AvgIpc) is 2.88. The van der Waals surface area contributed by atoms with Gasteiger partial charge in [0.05, 0.1) is 0 Å². The number of benzene rings is 1. The number of nitrogens with zero attached hydrogens (tertiary/aromatic N) is 1. The monoisotopic (exact) mass is 315 g/mol. The van der Waals surface area contributed by atoms with Gasteiger partial charge in [-0.1, -0.05) is 6.92 Å². The summed E-state index contributed by atoms with van der Waals surface area (Å²) >= 11 is 0. The van der Waals surface area contributed by atoms with E-state index in [2.05, 4.69) is 16.5 Å². The van der Waals surface area contributed by atoms with Crippen LogP contribution in [0.1, 0.15) is 18.9 Å². The maximum absolute atomic E-state index is 14.0. The number of aryl methyl sites for hydroxylation is 1. The largest absolute Gasteiger partial charge is 0.399 e. The van der Waals surface area contributed by atoms with Gasteiger partial charge in [0.15, 0.2) is 0 Å². The topological polar surface area (TPSA) is 75.4 Å². The van der Waals surface area contributed by atoms with Crippen molar-refractivity contribution in [1.82, 2.24) is 9.62 Å². The van der Waals surface area contributed by atoms with Gasteiger partial charge in [-0.3, -0.25) is 0 Å². The van der Waals surface area contributed by atoms with Crippen LogP contribution in [0.25, 0.3) is 0 Å². The van der Waals surface area contributed by atoms with Gasteiger partial charge in [-0.05, 0) is 50.0 Å². The number of nitrogen functional groups attached to an aromatic ring is 1. The van der Waals surface area contributed by atoms with E-state index >= 15 is 0 Å². The lowest BCUT2D eigenvalue weighted by atomic mass is 10.1. The summed E-state index contributed by atoms with van der Waals surface area (Å²) in [5.41, 5.74) is 6.09. The van der Waals surface area contributed by atoms with Crippen LogP contribution in [0.3, 0.4) is 0 Å². The van der Waals surface area contributed by atoms with E-state index < -0.39 is 15.8 Å². The highest BCUT2D eigenvalue weighted by Crippen LogP contribution is 2.22. The molecule has 1 heterocycles. The molecular weight excluding hydrogens is 293 g/mol. The number of likely N-dealkylation sites (tertiary alicyclic amines) is 1. The van der Waals surface area contributed by atoms with Gasteiger partial charge < -0.3 is 10.6 Å². The molecule has 1 aliphatic rings. The predicted octanol–water partition coefficient (Wildman–Crippen LogP) is 1.34. The zero-order valence-corrected chi connectivity index (χ0v) is 13.2. The fraction of sp³-hybridized carbons (Fsp3) is 0.571. The number of halogens is 1. The predicted molar refractivity (Wildman–Crippen MR) is 81.0 cm³/mol. The van der Waals surface area contributed by atoms with Crippen LogP contribution >= 0.6 is 0 Å². The van der Waals surface area contributed by atoms with Crippen molar-refractivity contribution in [3.63, 3.8) is 0 Å². The third kappa shape index (κ3) is 3.72. The van der Waals surface area contributed by atoms with Gasteiger partial charge in [-0.25, -0.2) is 17.5 Å². The van der Waals surface area contributed by atoms with Crippen LogP contribution in [0, 0.1) is 18.7 Å². The highest BCUT2D eigenvalue weighted by molar-refractivity contribution is 7.89. The van der Waals surface area contributed by atoms with Crippen LogP contribution in [0.4, 0.5) is 10.1 Å². The molecule has 1 unspecified atom stereocenters. The van der Waals surface area contributed by atoms with E-state index in [1.54, 1.807) is 0 Å². The van der Waals surface area contributed by atoms with Gasteiger partial charge in [0, 0.05) is 18.8 Å². The number of sulfonamides is 1. The second kappa shape index (κ2) is 6.29. The van der Waals surface area contributed by atoms with E-state index in [1.807, 2.05) is 0 Å². The lowest BCUT2D eigenvalue weighted by molar-refractivity contribution is 0.342. The molecule has 0 radical (unpaired) electrons. The summed E-state index contributed by atoms with van der Waals surface area (Å²) in [6, 6.07) is 2.59. The molecule has 1 aromatic carbocycles. The van der Waals surface area contributed by atoms with Crippen LogP contribution in [0.2, 0.25) is 0 Å². The van der Waals surface area contributed by atoms with Crippen LogP contribution in [-0.2, 0) is 10.0 Å². The Morgan fingerprint density at radius 2 is 2.19 bits per heavy atom. The average molecular weight is 315 g/mol. The van der Waals surface area contributed by atoms with Gasteiger partial charge in [0.2, 0.25) is 10.0 Å². The van der Waals surface area contributed by atoms with Crippen LogP contribution in [-0.4, -0.2) is 39.5 Å². The summed E-state index contributed by atoms with van der Waals surface area (Å²) < 4.78 is 41.0.